The summed E-state index contributed by atoms with van der Waals surface area (Å²) in [6, 6.07) is 13.8. The lowest BCUT2D eigenvalue weighted by molar-refractivity contribution is 0.412. The molecule has 0 atom stereocenters. The summed E-state index contributed by atoms with van der Waals surface area (Å²) in [6.07, 6.45) is 5.08. The molecular weight excluding hydrogens is 362 g/mol. The van der Waals surface area contributed by atoms with Crippen molar-refractivity contribution in [1.29, 1.82) is 0 Å². The van der Waals surface area contributed by atoms with Gasteiger partial charge in [0.2, 0.25) is 0 Å². The SMILES string of the molecule is COc1cc(Cl)c(C)cc1-n1ccnc(NCCCc2ccccc2)c1=O. The number of hydrogen-bond acceptors (Lipinski definition) is 4. The van der Waals surface area contributed by atoms with E-state index in [9.17, 15) is 4.79 Å². The van der Waals surface area contributed by atoms with Crippen molar-refractivity contribution in [2.24, 2.45) is 0 Å². The van der Waals surface area contributed by atoms with Crippen molar-refractivity contribution in [3.63, 3.8) is 0 Å². The van der Waals surface area contributed by atoms with Crippen LogP contribution in [-0.4, -0.2) is 23.2 Å². The van der Waals surface area contributed by atoms with Crippen molar-refractivity contribution >= 4 is 17.4 Å². The van der Waals surface area contributed by atoms with Crippen molar-refractivity contribution in [3.8, 4) is 11.4 Å². The highest BCUT2D eigenvalue weighted by Crippen LogP contribution is 2.29. The van der Waals surface area contributed by atoms with E-state index >= 15 is 0 Å². The molecule has 5 nitrogen and oxygen atoms in total. The predicted molar refractivity (Wildman–Crippen MR) is 109 cm³/mol. The van der Waals surface area contributed by atoms with E-state index in [1.54, 1.807) is 25.6 Å². The van der Waals surface area contributed by atoms with E-state index in [4.69, 9.17) is 16.3 Å². The van der Waals surface area contributed by atoms with E-state index in [1.807, 2.05) is 31.2 Å². The fourth-order valence-corrected chi connectivity index (χ4v) is 3.02. The Labute approximate surface area is 163 Å². The average Bonchev–Trinajstić information content (AvgIpc) is 2.69. The van der Waals surface area contributed by atoms with Crippen molar-refractivity contribution in [3.05, 3.63) is 81.4 Å². The number of aromatic nitrogens is 2. The first-order valence-electron chi connectivity index (χ1n) is 8.80. The molecule has 0 saturated heterocycles. The monoisotopic (exact) mass is 383 g/mol. The summed E-state index contributed by atoms with van der Waals surface area (Å²) in [5.41, 5.74) is 2.56. The Hall–Kier alpha value is -2.79. The summed E-state index contributed by atoms with van der Waals surface area (Å²) < 4.78 is 6.92. The van der Waals surface area contributed by atoms with Gasteiger partial charge in [-0.1, -0.05) is 41.9 Å². The maximum absolute atomic E-state index is 12.8. The molecule has 0 aliphatic rings. The molecule has 0 saturated carbocycles. The third kappa shape index (κ3) is 4.49. The molecule has 27 heavy (non-hydrogen) atoms. The third-order valence-electron chi connectivity index (χ3n) is 4.34. The highest BCUT2D eigenvalue weighted by molar-refractivity contribution is 6.31. The Morgan fingerprint density at radius 2 is 2.00 bits per heavy atom. The van der Waals surface area contributed by atoms with Crippen molar-refractivity contribution in [2.45, 2.75) is 19.8 Å². The Balaban J connectivity index is 1.76. The van der Waals surface area contributed by atoms with Crippen LogP contribution < -0.4 is 15.6 Å². The van der Waals surface area contributed by atoms with Crippen LogP contribution in [-0.2, 0) is 6.42 Å². The Morgan fingerprint density at radius 1 is 1.22 bits per heavy atom. The summed E-state index contributed by atoms with van der Waals surface area (Å²) in [5.74, 6) is 0.856. The molecule has 3 rings (SSSR count). The van der Waals surface area contributed by atoms with Crippen LogP contribution in [0.25, 0.3) is 5.69 Å². The van der Waals surface area contributed by atoms with E-state index in [1.165, 1.54) is 10.1 Å². The fourth-order valence-electron chi connectivity index (χ4n) is 2.87. The quantitative estimate of drug-likeness (QED) is 0.620. The molecule has 1 N–H and O–H groups in total. The largest absolute Gasteiger partial charge is 0.495 e. The minimum Gasteiger partial charge on any atom is -0.495 e. The van der Waals surface area contributed by atoms with Gasteiger partial charge in [-0.05, 0) is 37.0 Å². The maximum atomic E-state index is 12.8. The van der Waals surface area contributed by atoms with E-state index in [0.29, 0.717) is 28.8 Å². The van der Waals surface area contributed by atoms with E-state index in [2.05, 4.69) is 22.4 Å². The summed E-state index contributed by atoms with van der Waals surface area (Å²) in [5, 5.41) is 3.74. The van der Waals surface area contributed by atoms with Crippen LogP contribution in [0.3, 0.4) is 0 Å². The number of nitrogens with zero attached hydrogens (tertiary/aromatic N) is 2. The van der Waals surface area contributed by atoms with Gasteiger partial charge in [0.25, 0.3) is 5.56 Å². The third-order valence-corrected chi connectivity index (χ3v) is 4.75. The van der Waals surface area contributed by atoms with Crippen LogP contribution in [0.5, 0.6) is 5.75 Å². The van der Waals surface area contributed by atoms with Gasteiger partial charge in [0, 0.05) is 30.0 Å². The maximum Gasteiger partial charge on any atom is 0.297 e. The van der Waals surface area contributed by atoms with Gasteiger partial charge in [-0.25, -0.2) is 4.98 Å². The standard InChI is InChI=1S/C21H22ClN3O2/c1-15-13-18(19(27-2)14-17(15)22)25-12-11-24-20(21(25)26)23-10-6-9-16-7-4-3-5-8-16/h3-5,7-8,11-14H,6,9-10H2,1-2H3,(H,23,24). The van der Waals surface area contributed by atoms with Crippen LogP contribution in [0.15, 0.2) is 59.7 Å². The van der Waals surface area contributed by atoms with Crippen LogP contribution in [0.2, 0.25) is 5.02 Å². The zero-order valence-corrected chi connectivity index (χ0v) is 16.2. The number of benzene rings is 2. The van der Waals surface area contributed by atoms with E-state index in [0.717, 1.165) is 18.4 Å². The number of hydrogen-bond donors (Lipinski definition) is 1. The van der Waals surface area contributed by atoms with Crippen LogP contribution in [0.1, 0.15) is 17.5 Å². The lowest BCUT2D eigenvalue weighted by Gasteiger charge is -2.14. The molecule has 1 heterocycles. The Morgan fingerprint density at radius 3 is 2.74 bits per heavy atom. The van der Waals surface area contributed by atoms with Gasteiger partial charge >= 0.3 is 0 Å². The van der Waals surface area contributed by atoms with Crippen molar-refractivity contribution in [1.82, 2.24) is 9.55 Å². The lowest BCUT2D eigenvalue weighted by Crippen LogP contribution is -2.24. The summed E-state index contributed by atoms with van der Waals surface area (Å²) >= 11 is 6.17. The van der Waals surface area contributed by atoms with Gasteiger partial charge < -0.3 is 10.1 Å². The minimum absolute atomic E-state index is 0.225. The van der Waals surface area contributed by atoms with Crippen LogP contribution in [0.4, 0.5) is 5.82 Å². The molecule has 0 aliphatic heterocycles. The lowest BCUT2D eigenvalue weighted by atomic mass is 10.1. The zero-order valence-electron chi connectivity index (χ0n) is 15.4. The number of rotatable bonds is 7. The van der Waals surface area contributed by atoms with E-state index in [-0.39, 0.29) is 5.56 Å². The van der Waals surface area contributed by atoms with Gasteiger partial charge in [-0.2, -0.15) is 0 Å². The summed E-state index contributed by atoms with van der Waals surface area (Å²) in [7, 11) is 1.56. The zero-order chi connectivity index (χ0) is 19.2. The predicted octanol–water partition coefficient (Wildman–Crippen LogP) is 4.25. The molecule has 0 bridgehead atoms. The number of ether oxygens (including phenoxy) is 1. The average molecular weight is 384 g/mol. The molecule has 3 aromatic rings. The van der Waals surface area contributed by atoms with E-state index < -0.39 is 0 Å². The van der Waals surface area contributed by atoms with Gasteiger partial charge in [0.05, 0.1) is 12.8 Å². The smallest absolute Gasteiger partial charge is 0.297 e. The second-order valence-corrected chi connectivity index (χ2v) is 6.65. The normalized spacial score (nSPS) is 10.6. The van der Waals surface area contributed by atoms with Crippen LogP contribution >= 0.6 is 11.6 Å². The molecule has 2 aromatic carbocycles. The molecule has 140 valence electrons. The first kappa shape index (κ1) is 19.0. The molecule has 0 radical (unpaired) electrons. The van der Waals surface area contributed by atoms with Gasteiger partial charge in [-0.15, -0.1) is 0 Å². The Kier molecular flexibility index (Phi) is 6.14. The number of halogens is 1. The van der Waals surface area contributed by atoms with Crippen LogP contribution in [0, 0.1) is 6.92 Å². The van der Waals surface area contributed by atoms with Crippen molar-refractivity contribution < 1.29 is 4.74 Å². The summed E-state index contributed by atoms with van der Waals surface area (Å²) in [4.78, 5) is 17.0. The number of nitrogens with one attached hydrogen (secondary N) is 1. The molecule has 0 fully saturated rings. The van der Waals surface area contributed by atoms with Gasteiger partial charge in [0.1, 0.15) is 5.75 Å². The second-order valence-electron chi connectivity index (χ2n) is 6.24. The first-order chi connectivity index (χ1) is 13.1. The minimum atomic E-state index is -0.225. The van der Waals surface area contributed by atoms with Gasteiger partial charge in [0.15, 0.2) is 5.82 Å². The highest BCUT2D eigenvalue weighted by atomic mass is 35.5. The molecule has 1 aromatic heterocycles. The number of anilines is 1. The topological polar surface area (TPSA) is 56.1 Å². The molecule has 0 spiro atoms. The number of methoxy groups -OCH3 is 1. The molecule has 0 unspecified atom stereocenters. The highest BCUT2D eigenvalue weighted by Gasteiger charge is 2.12. The molecule has 0 amide bonds. The first-order valence-corrected chi connectivity index (χ1v) is 9.18. The molecule has 6 heteroatoms. The molecular formula is C21H22ClN3O2. The summed E-state index contributed by atoms with van der Waals surface area (Å²) in [6.45, 7) is 2.55. The molecule has 0 aliphatic carbocycles. The second kappa shape index (κ2) is 8.73. The van der Waals surface area contributed by atoms with Crippen molar-refractivity contribution in [2.75, 3.05) is 19.0 Å². The van der Waals surface area contributed by atoms with Gasteiger partial charge in [-0.3, -0.25) is 9.36 Å². The fraction of sp³-hybridized carbons (Fsp3) is 0.238. The number of aryl methyl sites for hydroxylation is 2. The Bertz CT molecular complexity index is 971.